The molecule has 0 bridgehead atoms. The third-order valence-electron chi connectivity index (χ3n) is 6.17. The lowest BCUT2D eigenvalue weighted by atomic mass is 9.50. The molecule has 0 aromatic carbocycles. The highest BCUT2D eigenvalue weighted by atomic mass is 14.5. The fraction of sp³-hybridized carbons (Fsp3) is 1.00. The number of hydrogen-bond donors (Lipinski definition) is 0. The highest BCUT2D eigenvalue weighted by Gasteiger charge is 2.48. The topological polar surface area (TPSA) is 0 Å². The van der Waals surface area contributed by atoms with E-state index in [2.05, 4.69) is 48.5 Å². The summed E-state index contributed by atoms with van der Waals surface area (Å²) in [4.78, 5) is 0. The van der Waals surface area contributed by atoms with Gasteiger partial charge in [0.2, 0.25) is 0 Å². The lowest BCUT2D eigenvalue weighted by Crippen LogP contribution is -2.47. The molecule has 1 rings (SSSR count). The molecule has 1 aliphatic rings. The average Bonchev–Trinajstić information content (AvgIpc) is 2.23. The van der Waals surface area contributed by atoms with Crippen LogP contribution in [0.4, 0.5) is 0 Å². The predicted molar refractivity (Wildman–Crippen MR) is 73.5 cm³/mol. The van der Waals surface area contributed by atoms with Gasteiger partial charge in [0, 0.05) is 0 Å². The molecular formula is C16H32. The van der Waals surface area contributed by atoms with Crippen LogP contribution in [0.3, 0.4) is 0 Å². The minimum absolute atomic E-state index is 0.626. The minimum atomic E-state index is 0.626. The molecule has 0 amide bonds. The fourth-order valence-electron chi connectivity index (χ4n) is 3.60. The van der Waals surface area contributed by atoms with Gasteiger partial charge in [-0.1, -0.05) is 54.9 Å². The van der Waals surface area contributed by atoms with Gasteiger partial charge in [0.05, 0.1) is 0 Å². The maximum atomic E-state index is 2.52. The molecule has 0 spiro atoms. The van der Waals surface area contributed by atoms with Crippen LogP contribution in [0.5, 0.6) is 0 Å². The highest BCUT2D eigenvalue weighted by molar-refractivity contribution is 4.97. The van der Waals surface area contributed by atoms with E-state index in [9.17, 15) is 0 Å². The van der Waals surface area contributed by atoms with Crippen LogP contribution in [0.2, 0.25) is 0 Å². The zero-order chi connectivity index (χ0) is 12.5. The van der Waals surface area contributed by atoms with Gasteiger partial charge >= 0.3 is 0 Å². The van der Waals surface area contributed by atoms with Gasteiger partial charge in [0.1, 0.15) is 0 Å². The molecule has 1 fully saturated rings. The zero-order valence-corrected chi connectivity index (χ0v) is 12.5. The molecule has 0 aliphatic heterocycles. The quantitative estimate of drug-likeness (QED) is 0.588. The summed E-state index contributed by atoms with van der Waals surface area (Å²) in [6, 6.07) is 0. The van der Waals surface area contributed by atoms with Crippen molar-refractivity contribution in [2.75, 3.05) is 0 Å². The van der Waals surface area contributed by atoms with Crippen molar-refractivity contribution in [2.45, 2.75) is 67.7 Å². The first-order valence-corrected chi connectivity index (χ1v) is 7.34. The maximum Gasteiger partial charge on any atom is -0.0272 e. The van der Waals surface area contributed by atoms with E-state index >= 15 is 0 Å². The highest BCUT2D eigenvalue weighted by Crippen LogP contribution is 2.56. The van der Waals surface area contributed by atoms with Crippen LogP contribution in [0.25, 0.3) is 0 Å². The number of rotatable bonds is 5. The summed E-state index contributed by atoms with van der Waals surface area (Å²) in [6.07, 6.45) is 4.25. The van der Waals surface area contributed by atoms with Crippen LogP contribution in [0.1, 0.15) is 67.7 Å². The fourth-order valence-corrected chi connectivity index (χ4v) is 3.60. The Hall–Kier alpha value is 0. The zero-order valence-electron chi connectivity index (χ0n) is 12.5. The summed E-state index contributed by atoms with van der Waals surface area (Å²) in [5.41, 5.74) is 0.626. The van der Waals surface area contributed by atoms with Crippen LogP contribution in [0, 0.1) is 35.0 Å². The van der Waals surface area contributed by atoms with E-state index in [0.717, 1.165) is 29.6 Å². The molecule has 0 aromatic heterocycles. The van der Waals surface area contributed by atoms with Crippen molar-refractivity contribution in [3.63, 3.8) is 0 Å². The average molecular weight is 224 g/mol. The SMILES string of the molecule is CCC(C)C(C)C(C)C1CCC1(C)C(C)C. The summed E-state index contributed by atoms with van der Waals surface area (Å²) in [5.74, 6) is 4.48. The van der Waals surface area contributed by atoms with Crippen molar-refractivity contribution in [2.24, 2.45) is 35.0 Å². The van der Waals surface area contributed by atoms with Crippen molar-refractivity contribution in [1.82, 2.24) is 0 Å². The predicted octanol–water partition coefficient (Wildman–Crippen LogP) is 5.38. The first kappa shape index (κ1) is 14.1. The van der Waals surface area contributed by atoms with Crippen molar-refractivity contribution < 1.29 is 0 Å². The summed E-state index contributed by atoms with van der Waals surface area (Å²) in [5, 5.41) is 0. The Bertz CT molecular complexity index is 218. The molecule has 0 heterocycles. The van der Waals surface area contributed by atoms with E-state index in [4.69, 9.17) is 0 Å². The summed E-state index contributed by atoms with van der Waals surface area (Å²) < 4.78 is 0. The van der Waals surface area contributed by atoms with Gasteiger partial charge in [-0.3, -0.25) is 0 Å². The summed E-state index contributed by atoms with van der Waals surface area (Å²) >= 11 is 0. The maximum absolute atomic E-state index is 2.52. The third kappa shape index (κ3) is 2.31. The van der Waals surface area contributed by atoms with Gasteiger partial charge in [-0.05, 0) is 47.8 Å². The first-order valence-electron chi connectivity index (χ1n) is 7.34. The van der Waals surface area contributed by atoms with Crippen LogP contribution in [-0.4, -0.2) is 0 Å². The van der Waals surface area contributed by atoms with E-state index in [-0.39, 0.29) is 0 Å². The molecule has 0 radical (unpaired) electrons. The third-order valence-corrected chi connectivity index (χ3v) is 6.17. The van der Waals surface area contributed by atoms with Crippen LogP contribution in [0.15, 0.2) is 0 Å². The van der Waals surface area contributed by atoms with Crippen molar-refractivity contribution >= 4 is 0 Å². The molecule has 1 aliphatic carbocycles. The Morgan fingerprint density at radius 3 is 2.00 bits per heavy atom. The van der Waals surface area contributed by atoms with Crippen molar-refractivity contribution in [3.8, 4) is 0 Å². The Balaban J connectivity index is 2.65. The molecule has 0 nitrogen and oxygen atoms in total. The molecule has 5 unspecified atom stereocenters. The van der Waals surface area contributed by atoms with Gasteiger partial charge < -0.3 is 0 Å². The van der Waals surface area contributed by atoms with Crippen LogP contribution >= 0.6 is 0 Å². The molecule has 0 N–H and O–H groups in total. The minimum Gasteiger partial charge on any atom is -0.0651 e. The molecule has 0 heteroatoms. The van der Waals surface area contributed by atoms with E-state index in [1.54, 1.807) is 0 Å². The smallest absolute Gasteiger partial charge is 0.0272 e. The second-order valence-electron chi connectivity index (χ2n) is 6.91. The largest absolute Gasteiger partial charge is 0.0651 e. The lowest BCUT2D eigenvalue weighted by Gasteiger charge is -2.55. The summed E-state index contributed by atoms with van der Waals surface area (Å²) in [7, 11) is 0. The normalized spacial score (nSPS) is 35.6. The molecule has 5 atom stereocenters. The van der Waals surface area contributed by atoms with Crippen molar-refractivity contribution in [1.29, 1.82) is 0 Å². The molecule has 1 saturated carbocycles. The van der Waals surface area contributed by atoms with Crippen molar-refractivity contribution in [3.05, 3.63) is 0 Å². The van der Waals surface area contributed by atoms with E-state index < -0.39 is 0 Å². The monoisotopic (exact) mass is 224 g/mol. The molecule has 96 valence electrons. The Kier molecular flexibility index (Phi) is 4.49. The van der Waals surface area contributed by atoms with E-state index in [1.165, 1.54) is 19.3 Å². The lowest BCUT2D eigenvalue weighted by molar-refractivity contribution is -0.0542. The van der Waals surface area contributed by atoms with Gasteiger partial charge in [0.25, 0.3) is 0 Å². The molecule has 16 heavy (non-hydrogen) atoms. The standard InChI is InChI=1S/C16H32/c1-8-12(4)13(5)14(6)15-9-10-16(15,7)11(2)3/h11-15H,8-10H2,1-7H3. The van der Waals surface area contributed by atoms with Gasteiger partial charge in [-0.25, -0.2) is 0 Å². The number of hydrogen-bond acceptors (Lipinski definition) is 0. The van der Waals surface area contributed by atoms with Gasteiger partial charge in [0.15, 0.2) is 0 Å². The summed E-state index contributed by atoms with van der Waals surface area (Å²) in [6.45, 7) is 17.1. The van der Waals surface area contributed by atoms with Crippen LogP contribution < -0.4 is 0 Å². The Labute approximate surface area is 103 Å². The second-order valence-corrected chi connectivity index (χ2v) is 6.91. The second kappa shape index (κ2) is 5.10. The first-order chi connectivity index (χ1) is 7.34. The Morgan fingerprint density at radius 1 is 1.12 bits per heavy atom. The van der Waals surface area contributed by atoms with Gasteiger partial charge in [-0.15, -0.1) is 0 Å². The van der Waals surface area contributed by atoms with E-state index in [1.807, 2.05) is 0 Å². The van der Waals surface area contributed by atoms with Gasteiger partial charge in [-0.2, -0.15) is 0 Å². The Morgan fingerprint density at radius 2 is 1.69 bits per heavy atom. The molecule has 0 saturated heterocycles. The molecular weight excluding hydrogens is 192 g/mol. The van der Waals surface area contributed by atoms with E-state index in [0.29, 0.717) is 5.41 Å². The molecule has 0 aromatic rings. The van der Waals surface area contributed by atoms with Crippen LogP contribution in [-0.2, 0) is 0 Å².